The molecule has 0 aliphatic carbocycles. The smallest absolute Gasteiger partial charge is 0.265 e. The summed E-state index contributed by atoms with van der Waals surface area (Å²) in [5.41, 5.74) is 2.06. The first-order valence-electron chi connectivity index (χ1n) is 10.5. The molecule has 4 rings (SSSR count). The molecular formula is C24H24N4O5S2. The Morgan fingerprint density at radius 2 is 1.40 bits per heavy atom. The summed E-state index contributed by atoms with van der Waals surface area (Å²) in [4.78, 5) is 0.0338. The fourth-order valence-corrected chi connectivity index (χ4v) is 6.20. The fourth-order valence-electron chi connectivity index (χ4n) is 3.68. The van der Waals surface area contributed by atoms with E-state index in [0.717, 1.165) is 5.69 Å². The van der Waals surface area contributed by atoms with Gasteiger partial charge in [0.25, 0.3) is 20.0 Å². The van der Waals surface area contributed by atoms with Crippen molar-refractivity contribution in [2.75, 3.05) is 16.6 Å². The molecule has 0 amide bonds. The number of hydrogen-bond acceptors (Lipinski definition) is 6. The molecule has 182 valence electrons. The van der Waals surface area contributed by atoms with Crippen molar-refractivity contribution in [3.63, 3.8) is 0 Å². The number of sulfonamides is 2. The highest BCUT2D eigenvalue weighted by atomic mass is 32.2. The number of anilines is 2. The van der Waals surface area contributed by atoms with E-state index in [0.29, 0.717) is 22.8 Å². The molecule has 35 heavy (non-hydrogen) atoms. The summed E-state index contributed by atoms with van der Waals surface area (Å²) in [6, 6.07) is 21.3. The zero-order chi connectivity index (χ0) is 25.2. The molecule has 1 aromatic heterocycles. The van der Waals surface area contributed by atoms with E-state index in [-0.39, 0.29) is 15.5 Å². The van der Waals surface area contributed by atoms with Crippen LogP contribution in [-0.4, -0.2) is 33.7 Å². The molecule has 0 saturated heterocycles. The molecule has 0 atom stereocenters. The quantitative estimate of drug-likeness (QED) is 0.367. The average molecular weight is 513 g/mol. The highest BCUT2D eigenvalue weighted by Crippen LogP contribution is 2.28. The van der Waals surface area contributed by atoms with Gasteiger partial charge in [-0.1, -0.05) is 30.3 Å². The summed E-state index contributed by atoms with van der Waals surface area (Å²) in [6.45, 7) is 3.31. The molecule has 0 radical (unpaired) electrons. The standard InChI is InChI=1S/C24H24N4O5S2/c1-17-24(18(2)28(25-17)20-9-5-4-6-10-20)35(31,32)26-19-13-15-21(16-14-19)34(29,30)27-22-11-7-8-12-23(22)33-3/h4-16,26-27H,1-3H3. The highest BCUT2D eigenvalue weighted by Gasteiger charge is 2.25. The van der Waals surface area contributed by atoms with Crippen LogP contribution < -0.4 is 14.2 Å². The van der Waals surface area contributed by atoms with Gasteiger partial charge in [0.1, 0.15) is 10.6 Å². The topological polar surface area (TPSA) is 119 Å². The van der Waals surface area contributed by atoms with Gasteiger partial charge in [0.05, 0.1) is 34.8 Å². The van der Waals surface area contributed by atoms with Crippen LogP contribution in [0.25, 0.3) is 5.69 Å². The van der Waals surface area contributed by atoms with Gasteiger partial charge in [-0.15, -0.1) is 0 Å². The third-order valence-electron chi connectivity index (χ3n) is 5.26. The van der Waals surface area contributed by atoms with Gasteiger partial charge in [-0.3, -0.25) is 9.44 Å². The maximum Gasteiger partial charge on any atom is 0.265 e. The predicted octanol–water partition coefficient (Wildman–Crippen LogP) is 4.10. The molecule has 0 aliphatic heterocycles. The number of ether oxygens (including phenoxy) is 1. The molecule has 0 fully saturated rings. The maximum absolute atomic E-state index is 13.2. The van der Waals surface area contributed by atoms with Crippen LogP contribution in [0.15, 0.2) is 88.7 Å². The largest absolute Gasteiger partial charge is 0.495 e. The summed E-state index contributed by atoms with van der Waals surface area (Å²) >= 11 is 0. The third kappa shape index (κ3) is 5.00. The molecule has 4 aromatic rings. The lowest BCUT2D eigenvalue weighted by molar-refractivity contribution is 0.417. The number of nitrogens with zero attached hydrogens (tertiary/aromatic N) is 2. The second-order valence-electron chi connectivity index (χ2n) is 7.68. The van der Waals surface area contributed by atoms with Gasteiger partial charge in [-0.2, -0.15) is 5.10 Å². The number of rotatable bonds is 8. The van der Waals surface area contributed by atoms with Crippen LogP contribution in [-0.2, 0) is 20.0 Å². The first-order chi connectivity index (χ1) is 16.6. The average Bonchev–Trinajstić information content (AvgIpc) is 3.14. The maximum atomic E-state index is 13.2. The van der Waals surface area contributed by atoms with Crippen LogP contribution in [0.5, 0.6) is 5.75 Å². The van der Waals surface area contributed by atoms with Crippen LogP contribution in [0.1, 0.15) is 11.4 Å². The second-order valence-corrected chi connectivity index (χ2v) is 11.0. The number of benzene rings is 3. The van der Waals surface area contributed by atoms with Crippen LogP contribution in [0.2, 0.25) is 0 Å². The lowest BCUT2D eigenvalue weighted by Gasteiger charge is -2.12. The predicted molar refractivity (Wildman–Crippen MR) is 134 cm³/mol. The van der Waals surface area contributed by atoms with Gasteiger partial charge in [-0.25, -0.2) is 21.5 Å². The van der Waals surface area contributed by atoms with Crippen LogP contribution in [0, 0.1) is 13.8 Å². The summed E-state index contributed by atoms with van der Waals surface area (Å²) in [5.74, 6) is 0.377. The van der Waals surface area contributed by atoms with Crippen molar-refractivity contribution in [2.24, 2.45) is 0 Å². The molecule has 3 aromatic carbocycles. The zero-order valence-corrected chi connectivity index (χ0v) is 20.9. The molecule has 0 unspecified atom stereocenters. The van der Waals surface area contributed by atoms with Crippen molar-refractivity contribution in [1.29, 1.82) is 0 Å². The van der Waals surface area contributed by atoms with Crippen LogP contribution in [0.3, 0.4) is 0 Å². The van der Waals surface area contributed by atoms with E-state index in [2.05, 4.69) is 14.5 Å². The second kappa shape index (κ2) is 9.43. The molecule has 1 heterocycles. The van der Waals surface area contributed by atoms with E-state index < -0.39 is 20.0 Å². The third-order valence-corrected chi connectivity index (χ3v) is 8.28. The summed E-state index contributed by atoms with van der Waals surface area (Å²) in [5, 5.41) is 4.39. The minimum absolute atomic E-state index is 0.0318. The normalized spacial score (nSPS) is 11.7. The van der Waals surface area contributed by atoms with Gasteiger partial charge in [0.15, 0.2) is 0 Å². The first kappa shape index (κ1) is 24.3. The monoisotopic (exact) mass is 512 g/mol. The Bertz CT molecular complexity index is 1560. The Balaban J connectivity index is 1.58. The molecule has 9 nitrogen and oxygen atoms in total. The molecule has 11 heteroatoms. The van der Waals surface area contributed by atoms with Gasteiger partial charge < -0.3 is 4.74 Å². The lowest BCUT2D eigenvalue weighted by atomic mass is 10.3. The summed E-state index contributed by atoms with van der Waals surface area (Å²) < 4.78 is 63.7. The fraction of sp³-hybridized carbons (Fsp3) is 0.125. The molecule has 0 saturated carbocycles. The van der Waals surface area contributed by atoms with Gasteiger partial charge in [0.2, 0.25) is 0 Å². The molecule has 0 spiro atoms. The molecular weight excluding hydrogens is 488 g/mol. The lowest BCUT2D eigenvalue weighted by Crippen LogP contribution is -2.16. The molecule has 0 bridgehead atoms. The van der Waals surface area contributed by atoms with Crippen molar-refractivity contribution < 1.29 is 21.6 Å². The van der Waals surface area contributed by atoms with Gasteiger partial charge in [-0.05, 0) is 62.4 Å². The van der Waals surface area contributed by atoms with E-state index in [1.54, 1.807) is 42.8 Å². The number of methoxy groups -OCH3 is 1. The Morgan fingerprint density at radius 3 is 2.06 bits per heavy atom. The number of hydrogen-bond donors (Lipinski definition) is 2. The Hall–Kier alpha value is -3.83. The Labute approximate surface area is 204 Å². The highest BCUT2D eigenvalue weighted by molar-refractivity contribution is 7.93. The van der Waals surface area contributed by atoms with E-state index in [1.165, 1.54) is 31.4 Å². The van der Waals surface area contributed by atoms with Gasteiger partial charge in [0, 0.05) is 5.69 Å². The van der Waals surface area contributed by atoms with Crippen LogP contribution in [0.4, 0.5) is 11.4 Å². The van der Waals surface area contributed by atoms with Crippen LogP contribution >= 0.6 is 0 Å². The van der Waals surface area contributed by atoms with Crippen molar-refractivity contribution in [3.05, 3.63) is 90.3 Å². The van der Waals surface area contributed by atoms with E-state index in [9.17, 15) is 16.8 Å². The van der Waals surface area contributed by atoms with Crippen molar-refractivity contribution in [1.82, 2.24) is 9.78 Å². The van der Waals surface area contributed by atoms with Gasteiger partial charge >= 0.3 is 0 Å². The SMILES string of the molecule is COc1ccccc1NS(=O)(=O)c1ccc(NS(=O)(=O)c2c(C)nn(-c3ccccc3)c2C)cc1. The minimum atomic E-state index is -3.98. The van der Waals surface area contributed by atoms with E-state index in [1.807, 2.05) is 30.3 Å². The van der Waals surface area contributed by atoms with E-state index >= 15 is 0 Å². The van der Waals surface area contributed by atoms with Crippen molar-refractivity contribution in [2.45, 2.75) is 23.6 Å². The van der Waals surface area contributed by atoms with E-state index in [4.69, 9.17) is 4.74 Å². The summed E-state index contributed by atoms with van der Waals surface area (Å²) in [6.07, 6.45) is 0. The number of para-hydroxylation sites is 3. The number of aryl methyl sites for hydroxylation is 1. The summed E-state index contributed by atoms with van der Waals surface area (Å²) in [7, 11) is -6.46. The Morgan fingerprint density at radius 1 is 0.771 bits per heavy atom. The van der Waals surface area contributed by atoms with Crippen molar-refractivity contribution in [3.8, 4) is 11.4 Å². The van der Waals surface area contributed by atoms with Crippen molar-refractivity contribution >= 4 is 31.4 Å². The number of nitrogens with one attached hydrogen (secondary N) is 2. The number of aromatic nitrogens is 2. The Kier molecular flexibility index (Phi) is 6.55. The molecule has 2 N–H and O–H groups in total. The first-order valence-corrected chi connectivity index (χ1v) is 13.5. The minimum Gasteiger partial charge on any atom is -0.495 e. The molecule has 0 aliphatic rings. The zero-order valence-electron chi connectivity index (χ0n) is 19.3.